The Labute approximate surface area is 148 Å². The number of rotatable bonds is 5. The first kappa shape index (κ1) is 17.7. The molecule has 6 heteroatoms. The SMILES string of the molecule is CC1CCCCC1NC(=O)c1occc1CS(=O)(=O)c1ccccc1. The van der Waals surface area contributed by atoms with E-state index in [1.807, 2.05) is 0 Å². The van der Waals surface area contributed by atoms with Crippen molar-refractivity contribution in [3.63, 3.8) is 0 Å². The highest BCUT2D eigenvalue weighted by Crippen LogP contribution is 2.25. The Hall–Kier alpha value is -2.08. The molecule has 1 aromatic carbocycles. The molecule has 2 atom stereocenters. The zero-order valence-electron chi connectivity index (χ0n) is 14.3. The van der Waals surface area contributed by atoms with Gasteiger partial charge in [0.05, 0.1) is 16.9 Å². The molecule has 134 valence electrons. The summed E-state index contributed by atoms with van der Waals surface area (Å²) in [6.07, 6.45) is 5.70. The van der Waals surface area contributed by atoms with Crippen molar-refractivity contribution < 1.29 is 17.6 Å². The number of sulfone groups is 1. The first-order valence-electron chi connectivity index (χ1n) is 8.62. The number of hydrogen-bond donors (Lipinski definition) is 1. The van der Waals surface area contributed by atoms with Crippen molar-refractivity contribution in [2.24, 2.45) is 5.92 Å². The zero-order chi connectivity index (χ0) is 17.9. The number of furan rings is 1. The molecular formula is C19H23NO4S. The minimum atomic E-state index is -3.52. The van der Waals surface area contributed by atoms with Crippen LogP contribution in [0.2, 0.25) is 0 Å². The summed E-state index contributed by atoms with van der Waals surface area (Å²) in [5, 5.41) is 3.01. The minimum Gasteiger partial charge on any atom is -0.459 e. The second-order valence-corrected chi connectivity index (χ2v) is 8.68. The third-order valence-electron chi connectivity index (χ3n) is 4.83. The van der Waals surface area contributed by atoms with Gasteiger partial charge < -0.3 is 9.73 Å². The summed E-state index contributed by atoms with van der Waals surface area (Å²) >= 11 is 0. The Bertz CT molecular complexity index is 826. The molecule has 3 rings (SSSR count). The van der Waals surface area contributed by atoms with Crippen molar-refractivity contribution in [1.82, 2.24) is 5.32 Å². The predicted octanol–water partition coefficient (Wildman–Crippen LogP) is 3.56. The van der Waals surface area contributed by atoms with Crippen molar-refractivity contribution in [1.29, 1.82) is 0 Å². The van der Waals surface area contributed by atoms with Crippen LogP contribution in [0.5, 0.6) is 0 Å². The predicted molar refractivity (Wildman–Crippen MR) is 94.9 cm³/mol. The quantitative estimate of drug-likeness (QED) is 0.883. The van der Waals surface area contributed by atoms with Crippen molar-refractivity contribution >= 4 is 15.7 Å². The van der Waals surface area contributed by atoms with Gasteiger partial charge in [-0.15, -0.1) is 0 Å². The maximum absolute atomic E-state index is 12.6. The van der Waals surface area contributed by atoms with Gasteiger partial charge in [0.1, 0.15) is 0 Å². The Balaban J connectivity index is 1.75. The Morgan fingerprint density at radius 2 is 1.88 bits per heavy atom. The van der Waals surface area contributed by atoms with Crippen molar-refractivity contribution in [2.75, 3.05) is 0 Å². The number of carbonyl (C=O) groups is 1. The van der Waals surface area contributed by atoms with E-state index in [2.05, 4.69) is 12.2 Å². The average molecular weight is 361 g/mol. The molecule has 0 aliphatic heterocycles. The molecule has 1 saturated carbocycles. The molecule has 5 nitrogen and oxygen atoms in total. The van der Waals surface area contributed by atoms with E-state index in [0.717, 1.165) is 19.3 Å². The zero-order valence-corrected chi connectivity index (χ0v) is 15.1. The highest BCUT2D eigenvalue weighted by molar-refractivity contribution is 7.90. The summed E-state index contributed by atoms with van der Waals surface area (Å²) in [6.45, 7) is 2.13. The molecule has 1 aliphatic carbocycles. The minimum absolute atomic E-state index is 0.0947. The van der Waals surface area contributed by atoms with Gasteiger partial charge in [0.15, 0.2) is 15.6 Å². The summed E-state index contributed by atoms with van der Waals surface area (Å²) in [6, 6.07) is 9.91. The standard InChI is InChI=1S/C19H23NO4S/c1-14-7-5-6-10-17(14)20-19(21)18-15(11-12-24-18)13-25(22,23)16-8-3-2-4-9-16/h2-4,8-9,11-12,14,17H,5-7,10,13H2,1H3,(H,20,21). The number of benzene rings is 1. The maximum Gasteiger partial charge on any atom is 0.287 e. The molecule has 0 radical (unpaired) electrons. The number of nitrogens with one attached hydrogen (secondary N) is 1. The fourth-order valence-corrected chi connectivity index (χ4v) is 4.70. The van der Waals surface area contributed by atoms with Crippen LogP contribution in [0.1, 0.15) is 48.7 Å². The molecule has 25 heavy (non-hydrogen) atoms. The summed E-state index contributed by atoms with van der Waals surface area (Å²) < 4.78 is 30.4. The van der Waals surface area contributed by atoms with E-state index < -0.39 is 9.84 Å². The molecule has 2 unspecified atom stereocenters. The number of amides is 1. The normalized spacial score (nSPS) is 21.0. The average Bonchev–Trinajstić information content (AvgIpc) is 3.05. The van der Waals surface area contributed by atoms with E-state index in [1.165, 1.54) is 12.7 Å². The lowest BCUT2D eigenvalue weighted by Crippen LogP contribution is -2.41. The summed E-state index contributed by atoms with van der Waals surface area (Å²) in [7, 11) is -3.52. The van der Waals surface area contributed by atoms with E-state index in [4.69, 9.17) is 4.42 Å². The molecule has 1 amide bonds. The van der Waals surface area contributed by atoms with Crippen LogP contribution in [0.25, 0.3) is 0 Å². The molecule has 1 aliphatic rings. The largest absolute Gasteiger partial charge is 0.459 e. The van der Waals surface area contributed by atoms with Gasteiger partial charge in [0, 0.05) is 11.6 Å². The lowest BCUT2D eigenvalue weighted by atomic mass is 9.86. The molecule has 1 N–H and O–H groups in total. The molecule has 1 fully saturated rings. The Morgan fingerprint density at radius 3 is 2.60 bits per heavy atom. The van der Waals surface area contributed by atoms with Crippen LogP contribution in [0.15, 0.2) is 52.0 Å². The second kappa shape index (κ2) is 7.44. The molecular weight excluding hydrogens is 338 g/mol. The Morgan fingerprint density at radius 1 is 1.16 bits per heavy atom. The summed E-state index contributed by atoms with van der Waals surface area (Å²) in [4.78, 5) is 12.8. The fraction of sp³-hybridized carbons (Fsp3) is 0.421. The van der Waals surface area contributed by atoms with Gasteiger partial charge in [-0.1, -0.05) is 38.0 Å². The van der Waals surface area contributed by atoms with Crippen LogP contribution >= 0.6 is 0 Å². The smallest absolute Gasteiger partial charge is 0.287 e. The molecule has 0 bridgehead atoms. The first-order valence-corrected chi connectivity index (χ1v) is 10.3. The highest BCUT2D eigenvalue weighted by Gasteiger charge is 2.27. The van der Waals surface area contributed by atoms with E-state index in [0.29, 0.717) is 11.5 Å². The maximum atomic E-state index is 12.6. The first-order chi connectivity index (χ1) is 12.0. The fourth-order valence-electron chi connectivity index (χ4n) is 3.33. The van der Waals surface area contributed by atoms with Crippen LogP contribution < -0.4 is 5.32 Å². The van der Waals surface area contributed by atoms with Gasteiger partial charge in [0.2, 0.25) is 0 Å². The third-order valence-corrected chi connectivity index (χ3v) is 6.51. The monoisotopic (exact) mass is 361 g/mol. The molecule has 0 spiro atoms. The number of carbonyl (C=O) groups excluding carboxylic acids is 1. The summed E-state index contributed by atoms with van der Waals surface area (Å²) in [5.41, 5.74) is 0.393. The van der Waals surface area contributed by atoms with Crippen molar-refractivity contribution in [3.8, 4) is 0 Å². The third kappa shape index (κ3) is 4.12. The number of hydrogen-bond acceptors (Lipinski definition) is 4. The van der Waals surface area contributed by atoms with E-state index >= 15 is 0 Å². The van der Waals surface area contributed by atoms with Gasteiger partial charge in [0.25, 0.3) is 5.91 Å². The van der Waals surface area contributed by atoms with Gasteiger partial charge in [-0.25, -0.2) is 8.42 Å². The summed E-state index contributed by atoms with van der Waals surface area (Å²) in [5.74, 6) is -0.0697. The van der Waals surface area contributed by atoms with Crippen LogP contribution in [0.4, 0.5) is 0 Å². The molecule has 1 heterocycles. The Kier molecular flexibility index (Phi) is 5.27. The lowest BCUT2D eigenvalue weighted by Gasteiger charge is -2.29. The van der Waals surface area contributed by atoms with Crippen molar-refractivity contribution in [2.45, 2.75) is 49.3 Å². The second-order valence-electron chi connectivity index (χ2n) is 6.69. The van der Waals surface area contributed by atoms with E-state index in [-0.39, 0.29) is 28.4 Å². The van der Waals surface area contributed by atoms with Gasteiger partial charge in [-0.05, 0) is 37.0 Å². The molecule has 1 aromatic heterocycles. The van der Waals surface area contributed by atoms with Gasteiger partial charge in [-0.2, -0.15) is 0 Å². The molecule has 2 aromatic rings. The van der Waals surface area contributed by atoms with Crippen LogP contribution in [0.3, 0.4) is 0 Å². The molecule has 0 saturated heterocycles. The lowest BCUT2D eigenvalue weighted by molar-refractivity contribution is 0.0881. The van der Waals surface area contributed by atoms with Gasteiger partial charge in [-0.3, -0.25) is 4.79 Å². The van der Waals surface area contributed by atoms with Crippen LogP contribution in [-0.4, -0.2) is 20.4 Å². The van der Waals surface area contributed by atoms with Crippen LogP contribution in [-0.2, 0) is 15.6 Å². The highest BCUT2D eigenvalue weighted by atomic mass is 32.2. The van der Waals surface area contributed by atoms with Crippen molar-refractivity contribution in [3.05, 3.63) is 54.0 Å². The van der Waals surface area contributed by atoms with Crippen LogP contribution in [0, 0.1) is 5.92 Å². The van der Waals surface area contributed by atoms with E-state index in [9.17, 15) is 13.2 Å². The van der Waals surface area contributed by atoms with Gasteiger partial charge >= 0.3 is 0 Å². The van der Waals surface area contributed by atoms with E-state index in [1.54, 1.807) is 36.4 Å². The topological polar surface area (TPSA) is 76.4 Å².